The minimum absolute atomic E-state index is 0.0720. The highest BCUT2D eigenvalue weighted by molar-refractivity contribution is 5.46. The van der Waals surface area contributed by atoms with Gasteiger partial charge >= 0.3 is 0 Å². The molecular weight excluding hydrogens is 466 g/mol. The van der Waals surface area contributed by atoms with Crippen LogP contribution >= 0.6 is 0 Å². The number of pyridine rings is 1. The van der Waals surface area contributed by atoms with Gasteiger partial charge in [0.1, 0.15) is 5.82 Å². The highest BCUT2D eigenvalue weighted by Crippen LogP contribution is 2.35. The van der Waals surface area contributed by atoms with Crippen LogP contribution in [0.15, 0.2) is 24.4 Å². The van der Waals surface area contributed by atoms with E-state index in [1.165, 1.54) is 23.4 Å². The number of piperazine rings is 1. The van der Waals surface area contributed by atoms with Crippen LogP contribution in [-0.4, -0.2) is 111 Å². The third-order valence-corrected chi connectivity index (χ3v) is 8.29. The summed E-state index contributed by atoms with van der Waals surface area (Å²) in [7, 11) is 4.39. The van der Waals surface area contributed by atoms with E-state index in [0.717, 1.165) is 63.5 Å². The van der Waals surface area contributed by atoms with Gasteiger partial charge in [-0.15, -0.1) is 0 Å². The van der Waals surface area contributed by atoms with Crippen LogP contribution in [0, 0.1) is 0 Å². The van der Waals surface area contributed by atoms with Crippen molar-refractivity contribution in [1.29, 1.82) is 0 Å². The number of hydrogen-bond donors (Lipinski definition) is 2. The zero-order valence-corrected chi connectivity index (χ0v) is 22.5. The van der Waals surface area contributed by atoms with E-state index in [9.17, 15) is 10.2 Å². The fraction of sp³-hybridized carbons (Fsp3) is 0.643. The zero-order valence-electron chi connectivity index (χ0n) is 22.5. The maximum Gasteiger partial charge on any atom is 0.134 e. The molecule has 1 aliphatic carbocycles. The van der Waals surface area contributed by atoms with Crippen LogP contribution < -0.4 is 0 Å². The monoisotopic (exact) mass is 509 g/mol. The summed E-state index contributed by atoms with van der Waals surface area (Å²) in [4.78, 5) is 19.5. The molecule has 5 rings (SSSR count). The second-order valence-electron chi connectivity index (χ2n) is 10.8. The van der Waals surface area contributed by atoms with Crippen LogP contribution in [0.4, 0.5) is 0 Å². The molecule has 4 heterocycles. The molecule has 0 saturated carbocycles. The second-order valence-corrected chi connectivity index (χ2v) is 10.8. The summed E-state index contributed by atoms with van der Waals surface area (Å²) < 4.78 is 2.45. The molecule has 37 heavy (non-hydrogen) atoms. The smallest absolute Gasteiger partial charge is 0.134 e. The van der Waals surface area contributed by atoms with Gasteiger partial charge in [0, 0.05) is 65.0 Å². The summed E-state index contributed by atoms with van der Waals surface area (Å²) in [5.41, 5.74) is 4.87. The van der Waals surface area contributed by atoms with Crippen LogP contribution in [0.1, 0.15) is 59.9 Å². The molecule has 2 N–H and O–H groups in total. The Hall–Kier alpha value is -2.14. The Morgan fingerprint density at radius 2 is 1.86 bits per heavy atom. The van der Waals surface area contributed by atoms with Gasteiger partial charge in [-0.25, -0.2) is 4.98 Å². The van der Waals surface area contributed by atoms with Crippen LogP contribution in [0.2, 0.25) is 0 Å². The van der Waals surface area contributed by atoms with E-state index in [2.05, 4.69) is 56.5 Å². The second kappa shape index (κ2) is 12.1. The summed E-state index contributed by atoms with van der Waals surface area (Å²) in [6.07, 6.45) is 10.9. The number of hydrogen-bond acceptors (Lipinski definition) is 8. The van der Waals surface area contributed by atoms with E-state index in [1.54, 1.807) is 0 Å². The number of likely N-dealkylation sites (N-methyl/N-ethyl adjacent to an activating group) is 1. The number of rotatable bonds is 10. The van der Waals surface area contributed by atoms with Gasteiger partial charge in [0.25, 0.3) is 0 Å². The van der Waals surface area contributed by atoms with Gasteiger partial charge in [0.2, 0.25) is 0 Å². The first-order valence-corrected chi connectivity index (χ1v) is 13.9. The van der Waals surface area contributed by atoms with E-state index in [-0.39, 0.29) is 25.4 Å². The molecule has 2 atom stereocenters. The molecule has 9 nitrogen and oxygen atoms in total. The van der Waals surface area contributed by atoms with Crippen molar-refractivity contribution in [3.05, 3.63) is 52.9 Å². The lowest BCUT2D eigenvalue weighted by Crippen LogP contribution is -2.48. The molecule has 9 heteroatoms. The van der Waals surface area contributed by atoms with Gasteiger partial charge in [-0.3, -0.25) is 19.7 Å². The molecule has 202 valence electrons. The summed E-state index contributed by atoms with van der Waals surface area (Å²) in [6.45, 7) is 6.85. The fourth-order valence-electron chi connectivity index (χ4n) is 6.24. The van der Waals surface area contributed by atoms with Gasteiger partial charge in [-0.1, -0.05) is 12.1 Å². The molecular formula is C28H43N7O2. The van der Waals surface area contributed by atoms with Crippen LogP contribution in [0.3, 0.4) is 0 Å². The molecule has 1 saturated heterocycles. The molecule has 2 aromatic rings. The number of imidazole rings is 1. The van der Waals surface area contributed by atoms with Crippen LogP contribution in [0.25, 0.3) is 6.08 Å². The first-order chi connectivity index (χ1) is 18.1. The first-order valence-electron chi connectivity index (χ1n) is 13.9. The largest absolute Gasteiger partial charge is 0.395 e. The first kappa shape index (κ1) is 26.5. The average molecular weight is 510 g/mol. The SMILES string of the molecule is CN1CCN(C2CC=Cc3nc(CN(C)[C@H]4CCCc5cccnc54)c(CN(CCO)CCO)n32)CC1. The molecule has 2 aromatic heterocycles. The normalized spacial score (nSPS) is 22.5. The minimum Gasteiger partial charge on any atom is -0.395 e. The number of nitrogens with zero attached hydrogens (tertiary/aromatic N) is 7. The zero-order chi connectivity index (χ0) is 25.8. The maximum absolute atomic E-state index is 9.70. The van der Waals surface area contributed by atoms with Gasteiger partial charge in [0.05, 0.1) is 42.5 Å². The minimum atomic E-state index is 0.0720. The average Bonchev–Trinajstić information content (AvgIpc) is 3.25. The molecule has 3 aliphatic rings. The Labute approximate surface area is 221 Å². The molecule has 1 fully saturated rings. The predicted octanol–water partition coefficient (Wildman–Crippen LogP) is 1.74. The van der Waals surface area contributed by atoms with E-state index < -0.39 is 0 Å². The van der Waals surface area contributed by atoms with Gasteiger partial charge in [0.15, 0.2) is 0 Å². The molecule has 0 spiro atoms. The Balaban J connectivity index is 1.47. The highest BCUT2D eigenvalue weighted by atomic mass is 16.3. The third-order valence-electron chi connectivity index (χ3n) is 8.29. The fourth-order valence-corrected chi connectivity index (χ4v) is 6.24. The Bertz CT molecular complexity index is 1060. The van der Waals surface area contributed by atoms with Crippen molar-refractivity contribution in [3.8, 4) is 0 Å². The molecule has 1 unspecified atom stereocenters. The maximum atomic E-state index is 9.70. The third kappa shape index (κ3) is 5.82. The quantitative estimate of drug-likeness (QED) is 0.501. The van der Waals surface area contributed by atoms with Crippen LogP contribution in [0.5, 0.6) is 0 Å². The van der Waals surface area contributed by atoms with Gasteiger partial charge < -0.3 is 19.7 Å². The summed E-state index contributed by atoms with van der Waals surface area (Å²) in [6, 6.07) is 4.55. The predicted molar refractivity (Wildman–Crippen MR) is 145 cm³/mol. The molecule has 0 radical (unpaired) electrons. The summed E-state index contributed by atoms with van der Waals surface area (Å²) >= 11 is 0. The molecule has 2 aliphatic heterocycles. The van der Waals surface area contributed by atoms with Crippen molar-refractivity contribution in [2.45, 2.75) is 51.0 Å². The number of aliphatic hydroxyl groups excluding tert-OH is 2. The lowest BCUT2D eigenvalue weighted by molar-refractivity contribution is 0.0717. The van der Waals surface area contributed by atoms with E-state index in [0.29, 0.717) is 19.6 Å². The Kier molecular flexibility index (Phi) is 8.69. The lowest BCUT2D eigenvalue weighted by atomic mass is 9.91. The van der Waals surface area contributed by atoms with E-state index in [1.807, 2.05) is 12.3 Å². The van der Waals surface area contributed by atoms with Crippen LogP contribution in [-0.2, 0) is 19.5 Å². The molecule has 0 amide bonds. The Morgan fingerprint density at radius 3 is 2.62 bits per heavy atom. The lowest BCUT2D eigenvalue weighted by Gasteiger charge is -2.40. The van der Waals surface area contributed by atoms with Crippen molar-refractivity contribution < 1.29 is 10.2 Å². The van der Waals surface area contributed by atoms with E-state index in [4.69, 9.17) is 9.97 Å². The molecule has 0 aromatic carbocycles. The molecule has 0 bridgehead atoms. The summed E-state index contributed by atoms with van der Waals surface area (Å²) in [5, 5.41) is 19.4. The number of aromatic nitrogens is 3. The van der Waals surface area contributed by atoms with Crippen molar-refractivity contribution in [2.24, 2.45) is 0 Å². The number of aliphatic hydroxyl groups is 2. The number of aryl methyl sites for hydroxylation is 1. The highest BCUT2D eigenvalue weighted by Gasteiger charge is 2.32. The van der Waals surface area contributed by atoms with Crippen molar-refractivity contribution in [1.82, 2.24) is 34.1 Å². The Morgan fingerprint density at radius 1 is 1.08 bits per heavy atom. The standard InChI is InChI=1S/C28H43N7O2/c1-31-12-14-34(15-13-31)27-10-4-9-26-30-23(25(35(26)27)21-33(16-18-36)17-19-37)20-32(2)24-8-3-6-22-7-5-11-29-28(22)24/h4-5,7,9,11,24,27,36-37H,3,6,8,10,12-21H2,1-2H3/t24-,27?/m0/s1. The summed E-state index contributed by atoms with van der Waals surface area (Å²) in [5.74, 6) is 1.02. The van der Waals surface area contributed by atoms with Crippen molar-refractivity contribution >= 4 is 6.08 Å². The number of fused-ring (bicyclic) bond motifs is 2. The van der Waals surface area contributed by atoms with Crippen molar-refractivity contribution in [3.63, 3.8) is 0 Å². The van der Waals surface area contributed by atoms with Crippen molar-refractivity contribution in [2.75, 3.05) is 66.6 Å². The van der Waals surface area contributed by atoms with Gasteiger partial charge in [-0.2, -0.15) is 0 Å². The van der Waals surface area contributed by atoms with Gasteiger partial charge in [-0.05, 0) is 51.1 Å². The van der Waals surface area contributed by atoms with E-state index >= 15 is 0 Å². The topological polar surface area (TPSA) is 84.1 Å².